The van der Waals surface area contributed by atoms with Gasteiger partial charge in [-0.3, -0.25) is 9.78 Å². The zero-order valence-corrected chi connectivity index (χ0v) is 18.7. The number of aliphatic hydroxyl groups is 2. The molecule has 1 aliphatic rings. The van der Waals surface area contributed by atoms with E-state index in [1.807, 2.05) is 54.6 Å². The summed E-state index contributed by atoms with van der Waals surface area (Å²) >= 11 is 0. The van der Waals surface area contributed by atoms with Gasteiger partial charge in [0, 0.05) is 36.0 Å². The Balaban J connectivity index is 1.22. The van der Waals surface area contributed by atoms with Crippen molar-refractivity contribution >= 4 is 5.69 Å². The highest BCUT2D eigenvalue weighted by atomic mass is 16.5. The van der Waals surface area contributed by atoms with Crippen LogP contribution < -0.4 is 26.6 Å². The maximum absolute atomic E-state index is 11.4. The molecule has 0 spiro atoms. The number of anilines is 1. The van der Waals surface area contributed by atoms with E-state index in [0.717, 1.165) is 36.3 Å². The highest BCUT2D eigenvalue weighted by molar-refractivity contribution is 5.45. The Morgan fingerprint density at radius 2 is 1.76 bits per heavy atom. The Bertz CT molecular complexity index is 1130. The SMILES string of the molecule is O=c1cc(CC(O)Nc2ccc(CC3CCC(C(O)COc4ccccc4)N3)cc2)[nH]c(=O)[nH]1. The molecule has 4 unspecified atom stereocenters. The highest BCUT2D eigenvalue weighted by Gasteiger charge is 2.29. The summed E-state index contributed by atoms with van der Waals surface area (Å²) in [6, 6.07) is 18.8. The van der Waals surface area contributed by atoms with Gasteiger partial charge >= 0.3 is 5.69 Å². The van der Waals surface area contributed by atoms with E-state index in [-0.39, 0.29) is 25.1 Å². The highest BCUT2D eigenvalue weighted by Crippen LogP contribution is 2.21. The largest absolute Gasteiger partial charge is 0.491 e. The third-order valence-corrected chi connectivity index (χ3v) is 5.90. The van der Waals surface area contributed by atoms with Crippen molar-refractivity contribution in [2.45, 2.75) is 50.1 Å². The molecule has 0 aliphatic carbocycles. The smallest absolute Gasteiger partial charge is 0.325 e. The molecule has 0 amide bonds. The van der Waals surface area contributed by atoms with E-state index >= 15 is 0 Å². The van der Waals surface area contributed by atoms with Gasteiger partial charge in [0.25, 0.3) is 5.56 Å². The van der Waals surface area contributed by atoms with Gasteiger partial charge in [-0.1, -0.05) is 30.3 Å². The molecule has 3 aromatic rings. The Morgan fingerprint density at radius 1 is 1.00 bits per heavy atom. The topological polar surface area (TPSA) is 139 Å². The molecule has 4 atom stereocenters. The van der Waals surface area contributed by atoms with Crippen LogP contribution in [0.15, 0.2) is 70.3 Å². The predicted molar refractivity (Wildman–Crippen MR) is 129 cm³/mol. The van der Waals surface area contributed by atoms with Crippen LogP contribution in [0.3, 0.4) is 0 Å². The molecule has 0 bridgehead atoms. The summed E-state index contributed by atoms with van der Waals surface area (Å²) in [5.74, 6) is 0.751. The van der Waals surface area contributed by atoms with Crippen LogP contribution in [0.5, 0.6) is 5.75 Å². The molecule has 2 heterocycles. The molecule has 34 heavy (non-hydrogen) atoms. The number of aliphatic hydroxyl groups excluding tert-OH is 2. The second kappa shape index (κ2) is 11.1. The quantitative estimate of drug-likeness (QED) is 0.246. The molecule has 0 radical (unpaired) electrons. The van der Waals surface area contributed by atoms with Crippen molar-refractivity contribution in [3.63, 3.8) is 0 Å². The van der Waals surface area contributed by atoms with E-state index in [1.54, 1.807) is 0 Å². The first-order valence-electron chi connectivity index (χ1n) is 11.4. The third-order valence-electron chi connectivity index (χ3n) is 5.90. The minimum Gasteiger partial charge on any atom is -0.491 e. The number of ether oxygens (including phenoxy) is 1. The molecule has 1 aromatic heterocycles. The Labute approximate surface area is 196 Å². The average molecular weight is 467 g/mol. The first kappa shape index (κ1) is 23.7. The van der Waals surface area contributed by atoms with E-state index in [2.05, 4.69) is 20.6 Å². The molecule has 6 N–H and O–H groups in total. The lowest BCUT2D eigenvalue weighted by Crippen LogP contribution is -2.42. The number of aromatic nitrogens is 2. The number of nitrogens with one attached hydrogen (secondary N) is 4. The average Bonchev–Trinajstić information content (AvgIpc) is 3.27. The fourth-order valence-electron chi connectivity index (χ4n) is 4.23. The van der Waals surface area contributed by atoms with Gasteiger partial charge in [-0.15, -0.1) is 0 Å². The van der Waals surface area contributed by atoms with Crippen molar-refractivity contribution in [3.8, 4) is 5.75 Å². The van der Waals surface area contributed by atoms with Crippen molar-refractivity contribution in [2.24, 2.45) is 0 Å². The predicted octanol–water partition coefficient (Wildman–Crippen LogP) is 1.14. The summed E-state index contributed by atoms with van der Waals surface area (Å²) in [6.07, 6.45) is 1.25. The van der Waals surface area contributed by atoms with Gasteiger partial charge < -0.3 is 30.6 Å². The summed E-state index contributed by atoms with van der Waals surface area (Å²) in [6.45, 7) is 0.252. The van der Waals surface area contributed by atoms with Gasteiger partial charge in [-0.05, 0) is 49.1 Å². The number of para-hydroxylation sites is 1. The number of H-pyrrole nitrogens is 2. The van der Waals surface area contributed by atoms with Crippen molar-refractivity contribution in [1.82, 2.24) is 15.3 Å². The minimum atomic E-state index is -0.958. The maximum Gasteiger partial charge on any atom is 0.325 e. The summed E-state index contributed by atoms with van der Waals surface area (Å²) in [5, 5.41) is 27.2. The molecule has 1 saturated heterocycles. The Hall–Kier alpha value is -3.40. The summed E-state index contributed by atoms with van der Waals surface area (Å²) in [5.41, 5.74) is 1.12. The van der Waals surface area contributed by atoms with E-state index in [1.165, 1.54) is 6.07 Å². The van der Waals surface area contributed by atoms with E-state index in [9.17, 15) is 19.8 Å². The molecule has 180 valence electrons. The number of hydrogen-bond acceptors (Lipinski definition) is 7. The lowest BCUT2D eigenvalue weighted by Gasteiger charge is -2.20. The number of hydrogen-bond donors (Lipinski definition) is 6. The van der Waals surface area contributed by atoms with Gasteiger partial charge in [-0.25, -0.2) is 4.79 Å². The minimum absolute atomic E-state index is 0.00136. The Morgan fingerprint density at radius 3 is 2.50 bits per heavy atom. The fourth-order valence-corrected chi connectivity index (χ4v) is 4.23. The van der Waals surface area contributed by atoms with Crippen LogP contribution in [0.25, 0.3) is 0 Å². The number of rotatable bonds is 10. The van der Waals surface area contributed by atoms with Crippen LogP contribution in [-0.4, -0.2) is 51.2 Å². The van der Waals surface area contributed by atoms with Crippen LogP contribution in [0.1, 0.15) is 24.1 Å². The molecule has 1 fully saturated rings. The fraction of sp³-hybridized carbons (Fsp3) is 0.360. The van der Waals surface area contributed by atoms with E-state index in [0.29, 0.717) is 5.69 Å². The molecular formula is C25H30N4O5. The number of benzene rings is 2. The summed E-state index contributed by atoms with van der Waals surface area (Å²) in [7, 11) is 0. The first-order valence-corrected chi connectivity index (χ1v) is 11.4. The van der Waals surface area contributed by atoms with Gasteiger partial charge in [0.1, 0.15) is 24.7 Å². The van der Waals surface area contributed by atoms with Gasteiger partial charge in [-0.2, -0.15) is 0 Å². The van der Waals surface area contributed by atoms with Crippen LogP contribution in [0.2, 0.25) is 0 Å². The maximum atomic E-state index is 11.4. The normalized spacial score (nSPS) is 19.5. The molecule has 9 nitrogen and oxygen atoms in total. The van der Waals surface area contributed by atoms with Crippen molar-refractivity contribution < 1.29 is 14.9 Å². The first-order chi connectivity index (χ1) is 16.4. The van der Waals surface area contributed by atoms with Crippen LogP contribution in [-0.2, 0) is 12.8 Å². The van der Waals surface area contributed by atoms with Crippen LogP contribution in [0, 0.1) is 0 Å². The third kappa shape index (κ3) is 6.80. The van der Waals surface area contributed by atoms with Gasteiger partial charge in [0.05, 0.1) is 0 Å². The Kier molecular flexibility index (Phi) is 7.79. The van der Waals surface area contributed by atoms with Gasteiger partial charge in [0.2, 0.25) is 0 Å². The zero-order valence-electron chi connectivity index (χ0n) is 18.7. The lowest BCUT2D eigenvalue weighted by molar-refractivity contribution is 0.0777. The molecular weight excluding hydrogens is 436 g/mol. The molecule has 9 heteroatoms. The lowest BCUT2D eigenvalue weighted by atomic mass is 10.0. The standard InChI is InChI=1S/C25H30N4O5/c30-22(15-34-20-4-2-1-3-5-20)21-11-10-18(26-21)12-16-6-8-17(9-7-16)27-23(31)13-19-14-24(32)29-25(33)28-19/h1-9,14,18,21-23,26-27,30-31H,10-13,15H2,(H2,28,29,32,33). The number of aromatic amines is 2. The van der Waals surface area contributed by atoms with Crippen LogP contribution >= 0.6 is 0 Å². The molecule has 1 aliphatic heterocycles. The van der Waals surface area contributed by atoms with Crippen molar-refractivity contribution in [2.75, 3.05) is 11.9 Å². The van der Waals surface area contributed by atoms with Gasteiger partial charge in [0.15, 0.2) is 0 Å². The second-order valence-corrected chi connectivity index (χ2v) is 8.62. The molecule has 0 saturated carbocycles. The van der Waals surface area contributed by atoms with Crippen molar-refractivity contribution in [3.05, 3.63) is 92.8 Å². The van der Waals surface area contributed by atoms with E-state index < -0.39 is 23.6 Å². The summed E-state index contributed by atoms with van der Waals surface area (Å²) in [4.78, 5) is 27.3. The molecule has 2 aromatic carbocycles. The zero-order chi connectivity index (χ0) is 23.9. The monoisotopic (exact) mass is 466 g/mol. The van der Waals surface area contributed by atoms with Crippen molar-refractivity contribution in [1.29, 1.82) is 0 Å². The summed E-state index contributed by atoms with van der Waals surface area (Å²) < 4.78 is 5.68. The second-order valence-electron chi connectivity index (χ2n) is 8.62. The van der Waals surface area contributed by atoms with Crippen LogP contribution in [0.4, 0.5) is 5.69 Å². The van der Waals surface area contributed by atoms with E-state index in [4.69, 9.17) is 4.74 Å². The molecule has 4 rings (SSSR count).